The molecule has 0 bridgehead atoms. The average molecular weight is 384 g/mol. The van der Waals surface area contributed by atoms with Gasteiger partial charge in [0.25, 0.3) is 5.91 Å². The molecule has 4 rings (SSSR count). The summed E-state index contributed by atoms with van der Waals surface area (Å²) in [5.41, 5.74) is 2.71. The summed E-state index contributed by atoms with van der Waals surface area (Å²) in [5, 5.41) is 9.35. The molecule has 3 amide bonds. The largest absolute Gasteiger partial charge is 0.322 e. The van der Waals surface area contributed by atoms with Crippen LogP contribution in [-0.4, -0.2) is 48.3 Å². The van der Waals surface area contributed by atoms with Crippen molar-refractivity contribution in [2.45, 2.75) is 51.2 Å². The minimum atomic E-state index is -0.554. The van der Waals surface area contributed by atoms with Crippen LogP contribution in [0.25, 0.3) is 0 Å². The third kappa shape index (κ3) is 4.10. The molecule has 0 saturated carbocycles. The van der Waals surface area contributed by atoms with Crippen LogP contribution in [0.15, 0.2) is 18.2 Å². The van der Waals surface area contributed by atoms with E-state index in [1.165, 1.54) is 19.3 Å². The summed E-state index contributed by atoms with van der Waals surface area (Å²) < 4.78 is 0. The number of rotatable bonds is 5. The molecule has 0 aliphatic carbocycles. The maximum Gasteiger partial charge on any atom is 0.255 e. The Balaban J connectivity index is 1.36. The summed E-state index contributed by atoms with van der Waals surface area (Å²) in [5.74, 6) is -0.0835. The van der Waals surface area contributed by atoms with Gasteiger partial charge in [-0.15, -0.1) is 0 Å². The highest BCUT2D eigenvalue weighted by Gasteiger charge is 2.39. The number of fused-ring (bicyclic) bond motifs is 1. The standard InChI is InChI=1S/C21H28N4O3/c26-19-7-6-18(20(27)24-19)25-13-16-5-4-14(9-17(16)21(25)28)10-23-12-15-3-1-2-8-22-11-15/h4-5,9,15,18,22-23H,1-3,6-8,10-13H2,(H,24,26,27). The third-order valence-electron chi connectivity index (χ3n) is 6.00. The number of imide groups is 1. The molecule has 0 radical (unpaired) electrons. The van der Waals surface area contributed by atoms with Gasteiger partial charge in [0.1, 0.15) is 6.04 Å². The predicted molar refractivity (Wildman–Crippen MR) is 104 cm³/mol. The molecular weight excluding hydrogens is 356 g/mol. The van der Waals surface area contributed by atoms with Gasteiger partial charge in [0.15, 0.2) is 0 Å². The van der Waals surface area contributed by atoms with Crippen molar-refractivity contribution in [2.75, 3.05) is 19.6 Å². The fourth-order valence-corrected chi connectivity index (χ4v) is 4.40. The molecule has 0 aromatic heterocycles. The molecule has 1 aromatic rings. The number of carbonyl (C=O) groups is 3. The van der Waals surface area contributed by atoms with Crippen LogP contribution in [0.3, 0.4) is 0 Å². The lowest BCUT2D eigenvalue weighted by Crippen LogP contribution is -2.52. The zero-order chi connectivity index (χ0) is 19.5. The van der Waals surface area contributed by atoms with E-state index in [0.29, 0.717) is 24.4 Å². The number of nitrogens with zero attached hydrogens (tertiary/aromatic N) is 1. The van der Waals surface area contributed by atoms with Crippen molar-refractivity contribution in [1.82, 2.24) is 20.9 Å². The Morgan fingerprint density at radius 3 is 2.89 bits per heavy atom. The third-order valence-corrected chi connectivity index (χ3v) is 6.00. The van der Waals surface area contributed by atoms with Gasteiger partial charge in [-0.05, 0) is 62.0 Å². The number of nitrogens with one attached hydrogen (secondary N) is 3. The second-order valence-corrected chi connectivity index (χ2v) is 8.09. The zero-order valence-corrected chi connectivity index (χ0v) is 16.1. The number of piperidine rings is 1. The fourth-order valence-electron chi connectivity index (χ4n) is 4.40. The van der Waals surface area contributed by atoms with Crippen molar-refractivity contribution in [2.24, 2.45) is 5.92 Å². The van der Waals surface area contributed by atoms with Crippen molar-refractivity contribution >= 4 is 17.7 Å². The highest BCUT2D eigenvalue weighted by atomic mass is 16.2. The Hall–Kier alpha value is -2.25. The zero-order valence-electron chi connectivity index (χ0n) is 16.1. The molecule has 2 unspecified atom stereocenters. The molecule has 2 saturated heterocycles. The first-order valence-electron chi connectivity index (χ1n) is 10.3. The van der Waals surface area contributed by atoms with E-state index in [0.717, 1.165) is 37.3 Å². The van der Waals surface area contributed by atoms with E-state index in [1.54, 1.807) is 4.90 Å². The van der Waals surface area contributed by atoms with Crippen molar-refractivity contribution < 1.29 is 14.4 Å². The van der Waals surface area contributed by atoms with E-state index >= 15 is 0 Å². The van der Waals surface area contributed by atoms with Gasteiger partial charge in [-0.25, -0.2) is 0 Å². The topological polar surface area (TPSA) is 90.5 Å². The predicted octanol–water partition coefficient (Wildman–Crippen LogP) is 0.927. The van der Waals surface area contributed by atoms with Crippen LogP contribution in [-0.2, 0) is 22.7 Å². The fraction of sp³-hybridized carbons (Fsp3) is 0.571. The summed E-state index contributed by atoms with van der Waals surface area (Å²) in [6, 6.07) is 5.44. The molecule has 3 N–H and O–H groups in total. The van der Waals surface area contributed by atoms with Gasteiger partial charge in [0.05, 0.1) is 0 Å². The van der Waals surface area contributed by atoms with E-state index in [4.69, 9.17) is 0 Å². The van der Waals surface area contributed by atoms with Gasteiger partial charge >= 0.3 is 0 Å². The van der Waals surface area contributed by atoms with Crippen LogP contribution in [0.5, 0.6) is 0 Å². The maximum atomic E-state index is 12.9. The minimum absolute atomic E-state index is 0.112. The van der Waals surface area contributed by atoms with E-state index < -0.39 is 6.04 Å². The van der Waals surface area contributed by atoms with Gasteiger partial charge in [-0.2, -0.15) is 0 Å². The maximum absolute atomic E-state index is 12.9. The van der Waals surface area contributed by atoms with Crippen molar-refractivity contribution in [3.63, 3.8) is 0 Å². The van der Waals surface area contributed by atoms with E-state index in [9.17, 15) is 14.4 Å². The van der Waals surface area contributed by atoms with E-state index in [-0.39, 0.29) is 24.1 Å². The van der Waals surface area contributed by atoms with Crippen molar-refractivity contribution in [1.29, 1.82) is 0 Å². The van der Waals surface area contributed by atoms with E-state index in [2.05, 4.69) is 22.0 Å². The van der Waals surface area contributed by atoms with Gasteiger partial charge in [-0.3, -0.25) is 19.7 Å². The van der Waals surface area contributed by atoms with Crippen LogP contribution in [0, 0.1) is 5.92 Å². The van der Waals surface area contributed by atoms with Crippen LogP contribution >= 0.6 is 0 Å². The normalized spacial score (nSPS) is 25.4. The molecule has 3 heterocycles. The molecule has 150 valence electrons. The number of carbonyl (C=O) groups excluding carboxylic acids is 3. The summed E-state index contributed by atoms with van der Waals surface area (Å²) in [7, 11) is 0. The number of amides is 3. The SMILES string of the molecule is O=C1CCC(N2Cc3ccc(CNCC4CCCCNC4)cc3C2=O)C(=O)N1. The molecule has 1 aromatic carbocycles. The highest BCUT2D eigenvalue weighted by Crippen LogP contribution is 2.28. The lowest BCUT2D eigenvalue weighted by atomic mass is 10.0. The molecule has 2 atom stereocenters. The number of hydrogen-bond acceptors (Lipinski definition) is 5. The van der Waals surface area contributed by atoms with E-state index in [1.807, 2.05) is 12.1 Å². The summed E-state index contributed by atoms with van der Waals surface area (Å²) in [6.45, 7) is 4.32. The molecule has 28 heavy (non-hydrogen) atoms. The number of hydrogen-bond donors (Lipinski definition) is 3. The monoisotopic (exact) mass is 384 g/mol. The first-order chi connectivity index (χ1) is 13.6. The molecule has 3 aliphatic rings. The van der Waals surface area contributed by atoms with Crippen molar-refractivity contribution in [3.8, 4) is 0 Å². The Labute approximate surface area is 165 Å². The molecule has 2 fully saturated rings. The average Bonchev–Trinajstić information content (AvgIpc) is 2.85. The summed E-state index contributed by atoms with van der Waals surface area (Å²) in [4.78, 5) is 38.0. The number of benzene rings is 1. The smallest absolute Gasteiger partial charge is 0.255 e. The second kappa shape index (κ2) is 8.41. The highest BCUT2D eigenvalue weighted by molar-refractivity contribution is 6.05. The molecular formula is C21H28N4O3. The van der Waals surface area contributed by atoms with Crippen molar-refractivity contribution in [3.05, 3.63) is 34.9 Å². The van der Waals surface area contributed by atoms with Crippen LogP contribution < -0.4 is 16.0 Å². The second-order valence-electron chi connectivity index (χ2n) is 8.09. The van der Waals surface area contributed by atoms with Gasteiger partial charge in [0, 0.05) is 25.1 Å². The van der Waals surface area contributed by atoms with Crippen LogP contribution in [0.1, 0.15) is 53.6 Å². The molecule has 0 spiro atoms. The lowest BCUT2D eigenvalue weighted by molar-refractivity contribution is -0.136. The molecule has 7 heteroatoms. The first kappa shape index (κ1) is 19.1. The Morgan fingerprint density at radius 2 is 2.04 bits per heavy atom. The summed E-state index contributed by atoms with van der Waals surface area (Å²) >= 11 is 0. The van der Waals surface area contributed by atoms with Crippen LogP contribution in [0.2, 0.25) is 0 Å². The van der Waals surface area contributed by atoms with Gasteiger partial charge in [0.2, 0.25) is 11.8 Å². The Bertz CT molecular complexity index is 771. The molecule has 7 nitrogen and oxygen atoms in total. The Morgan fingerprint density at radius 1 is 1.14 bits per heavy atom. The first-order valence-corrected chi connectivity index (χ1v) is 10.3. The summed E-state index contributed by atoms with van der Waals surface area (Å²) in [6.07, 6.45) is 4.47. The van der Waals surface area contributed by atoms with Gasteiger partial charge in [-0.1, -0.05) is 18.6 Å². The minimum Gasteiger partial charge on any atom is -0.322 e. The quantitative estimate of drug-likeness (QED) is 0.657. The van der Waals surface area contributed by atoms with Gasteiger partial charge < -0.3 is 15.5 Å². The molecule has 3 aliphatic heterocycles. The van der Waals surface area contributed by atoms with Crippen LogP contribution in [0.4, 0.5) is 0 Å². The lowest BCUT2D eigenvalue weighted by Gasteiger charge is -2.29. The Kier molecular flexibility index (Phi) is 5.73.